The monoisotopic (exact) mass is 339 g/mol. The molecule has 1 atom stereocenters. The second-order valence-electron chi connectivity index (χ2n) is 5.97. The highest BCUT2D eigenvalue weighted by Crippen LogP contribution is 2.24. The molecule has 6 heteroatoms. The molecule has 1 fully saturated rings. The predicted octanol–water partition coefficient (Wildman–Crippen LogP) is 2.93. The lowest BCUT2D eigenvalue weighted by molar-refractivity contribution is -0.118. The first-order valence-electron chi connectivity index (χ1n) is 8.17. The quantitative estimate of drug-likeness (QED) is 0.900. The summed E-state index contributed by atoms with van der Waals surface area (Å²) in [6.07, 6.45) is 0.575. The van der Waals surface area contributed by atoms with Gasteiger partial charge in [0, 0.05) is 12.2 Å². The molecule has 130 valence electrons. The number of anilines is 2. The topological polar surface area (TPSA) is 70.7 Å². The minimum Gasteiger partial charge on any atom is -0.495 e. The van der Waals surface area contributed by atoms with Gasteiger partial charge < -0.3 is 20.3 Å². The van der Waals surface area contributed by atoms with E-state index in [4.69, 9.17) is 4.74 Å². The highest BCUT2D eigenvalue weighted by Gasteiger charge is 2.33. The Morgan fingerprint density at radius 1 is 1.16 bits per heavy atom. The van der Waals surface area contributed by atoms with Gasteiger partial charge in [-0.1, -0.05) is 29.8 Å². The van der Waals surface area contributed by atoms with Crippen LogP contribution in [-0.4, -0.2) is 31.6 Å². The third-order valence-corrected chi connectivity index (χ3v) is 4.21. The van der Waals surface area contributed by atoms with Gasteiger partial charge in [0.25, 0.3) is 0 Å². The zero-order chi connectivity index (χ0) is 17.8. The Labute approximate surface area is 146 Å². The summed E-state index contributed by atoms with van der Waals surface area (Å²) in [5.74, 6) is 0.468. The van der Waals surface area contributed by atoms with Gasteiger partial charge in [-0.15, -0.1) is 0 Å². The molecule has 2 N–H and O–H groups in total. The molecule has 0 aromatic heterocycles. The van der Waals surface area contributed by atoms with Crippen LogP contribution in [0.15, 0.2) is 48.5 Å². The molecule has 1 saturated heterocycles. The summed E-state index contributed by atoms with van der Waals surface area (Å²) in [6, 6.07) is 14.0. The first-order valence-corrected chi connectivity index (χ1v) is 8.17. The summed E-state index contributed by atoms with van der Waals surface area (Å²) < 4.78 is 5.20. The Morgan fingerprint density at radius 3 is 2.60 bits per heavy atom. The molecule has 2 aromatic rings. The Bertz CT molecular complexity index is 774. The number of hydrogen-bond donors (Lipinski definition) is 2. The summed E-state index contributed by atoms with van der Waals surface area (Å²) in [5, 5.41) is 5.47. The van der Waals surface area contributed by atoms with Crippen LogP contribution in [-0.2, 0) is 4.79 Å². The van der Waals surface area contributed by atoms with Crippen molar-refractivity contribution in [1.82, 2.24) is 5.32 Å². The highest BCUT2D eigenvalue weighted by atomic mass is 16.5. The summed E-state index contributed by atoms with van der Waals surface area (Å²) >= 11 is 0. The normalized spacial score (nSPS) is 16.6. The minimum atomic E-state index is -0.531. The number of rotatable bonds is 4. The Balaban J connectivity index is 1.62. The Hall–Kier alpha value is -3.02. The van der Waals surface area contributed by atoms with Crippen LogP contribution in [0, 0.1) is 6.92 Å². The van der Waals surface area contributed by atoms with Crippen LogP contribution in [0.1, 0.15) is 12.0 Å². The fraction of sp³-hybridized carbons (Fsp3) is 0.263. The van der Waals surface area contributed by atoms with E-state index in [1.165, 1.54) is 0 Å². The molecule has 0 saturated carbocycles. The summed E-state index contributed by atoms with van der Waals surface area (Å²) in [5.41, 5.74) is 2.55. The van der Waals surface area contributed by atoms with E-state index < -0.39 is 12.1 Å². The highest BCUT2D eigenvalue weighted by molar-refractivity contribution is 6.02. The summed E-state index contributed by atoms with van der Waals surface area (Å²) in [6.45, 7) is 2.59. The average Bonchev–Trinajstić information content (AvgIpc) is 2.97. The predicted molar refractivity (Wildman–Crippen MR) is 97.1 cm³/mol. The molecule has 1 aliphatic heterocycles. The number of nitrogens with one attached hydrogen (secondary N) is 2. The van der Waals surface area contributed by atoms with E-state index in [1.807, 2.05) is 37.3 Å². The summed E-state index contributed by atoms with van der Waals surface area (Å²) in [4.78, 5) is 26.5. The zero-order valence-electron chi connectivity index (χ0n) is 14.3. The largest absolute Gasteiger partial charge is 0.495 e. The van der Waals surface area contributed by atoms with Crippen molar-refractivity contribution < 1.29 is 14.3 Å². The lowest BCUT2D eigenvalue weighted by atomic mass is 10.2. The number of amides is 3. The zero-order valence-corrected chi connectivity index (χ0v) is 14.3. The van der Waals surface area contributed by atoms with Gasteiger partial charge in [-0.3, -0.25) is 4.79 Å². The van der Waals surface area contributed by atoms with Gasteiger partial charge in [-0.25, -0.2) is 4.79 Å². The first-order chi connectivity index (χ1) is 12.1. The maximum Gasteiger partial charge on any atom is 0.319 e. The average molecular weight is 339 g/mol. The lowest BCUT2D eigenvalue weighted by Crippen LogP contribution is -2.43. The van der Waals surface area contributed by atoms with Gasteiger partial charge in [0.1, 0.15) is 11.8 Å². The standard InChI is InChI=1S/C19H21N3O3/c1-13-7-9-14(10-8-13)22-12-11-16(18(22)23)21-19(24)20-15-5-3-4-6-17(15)25-2/h3-10,16H,11-12H2,1-2H3,(H2,20,21,24). The van der Waals surface area contributed by atoms with Crippen LogP contribution in [0.25, 0.3) is 0 Å². The van der Waals surface area contributed by atoms with E-state index in [0.717, 1.165) is 11.3 Å². The molecule has 6 nitrogen and oxygen atoms in total. The molecule has 0 bridgehead atoms. The van der Waals surface area contributed by atoms with E-state index in [9.17, 15) is 9.59 Å². The third-order valence-electron chi connectivity index (χ3n) is 4.21. The van der Waals surface area contributed by atoms with Crippen molar-refractivity contribution in [2.75, 3.05) is 23.9 Å². The van der Waals surface area contributed by atoms with Gasteiger partial charge in [0.2, 0.25) is 5.91 Å². The molecule has 1 aliphatic rings. The van der Waals surface area contributed by atoms with Crippen LogP contribution in [0.4, 0.5) is 16.2 Å². The van der Waals surface area contributed by atoms with E-state index >= 15 is 0 Å². The molecule has 3 rings (SSSR count). The maximum absolute atomic E-state index is 12.6. The number of carbonyl (C=O) groups is 2. The number of benzene rings is 2. The molecule has 25 heavy (non-hydrogen) atoms. The molecular formula is C19H21N3O3. The van der Waals surface area contributed by atoms with Gasteiger partial charge in [0.05, 0.1) is 12.8 Å². The van der Waals surface area contributed by atoms with Crippen LogP contribution < -0.4 is 20.3 Å². The van der Waals surface area contributed by atoms with Crippen molar-refractivity contribution in [3.8, 4) is 5.75 Å². The number of nitrogens with zero attached hydrogens (tertiary/aromatic N) is 1. The van der Waals surface area contributed by atoms with Gasteiger partial charge >= 0.3 is 6.03 Å². The van der Waals surface area contributed by atoms with Crippen LogP contribution in [0.2, 0.25) is 0 Å². The van der Waals surface area contributed by atoms with Crippen LogP contribution in [0.5, 0.6) is 5.75 Å². The molecule has 2 aromatic carbocycles. The molecule has 3 amide bonds. The first kappa shape index (κ1) is 16.8. The summed E-state index contributed by atoms with van der Waals surface area (Å²) in [7, 11) is 1.54. The molecule has 0 aliphatic carbocycles. The van der Waals surface area contributed by atoms with E-state index in [-0.39, 0.29) is 5.91 Å². The van der Waals surface area contributed by atoms with E-state index in [2.05, 4.69) is 10.6 Å². The van der Waals surface area contributed by atoms with Crippen LogP contribution >= 0.6 is 0 Å². The number of urea groups is 1. The number of methoxy groups -OCH3 is 1. The molecule has 1 heterocycles. The lowest BCUT2D eigenvalue weighted by Gasteiger charge is -2.18. The van der Waals surface area contributed by atoms with Gasteiger partial charge in [-0.05, 0) is 37.6 Å². The number of aryl methyl sites for hydroxylation is 1. The fourth-order valence-electron chi connectivity index (χ4n) is 2.86. The van der Waals surface area contributed by atoms with Crippen molar-refractivity contribution in [3.05, 3.63) is 54.1 Å². The number of ether oxygens (including phenoxy) is 1. The van der Waals surface area contributed by atoms with E-state index in [0.29, 0.717) is 24.4 Å². The van der Waals surface area contributed by atoms with Gasteiger partial charge in [-0.2, -0.15) is 0 Å². The molecule has 0 radical (unpaired) electrons. The van der Waals surface area contributed by atoms with Gasteiger partial charge in [0.15, 0.2) is 0 Å². The van der Waals surface area contributed by atoms with Crippen molar-refractivity contribution >= 4 is 23.3 Å². The molecular weight excluding hydrogens is 318 g/mol. The Kier molecular flexibility index (Phi) is 4.88. The second kappa shape index (κ2) is 7.25. The number of para-hydroxylation sites is 2. The van der Waals surface area contributed by atoms with Crippen molar-refractivity contribution in [3.63, 3.8) is 0 Å². The van der Waals surface area contributed by atoms with Crippen LogP contribution in [0.3, 0.4) is 0 Å². The maximum atomic E-state index is 12.6. The fourth-order valence-corrected chi connectivity index (χ4v) is 2.86. The van der Waals surface area contributed by atoms with Crippen molar-refractivity contribution in [1.29, 1.82) is 0 Å². The SMILES string of the molecule is COc1ccccc1NC(=O)NC1CCN(c2ccc(C)cc2)C1=O. The van der Waals surface area contributed by atoms with E-state index in [1.54, 1.807) is 30.2 Å². The third kappa shape index (κ3) is 3.74. The van der Waals surface area contributed by atoms with Crippen molar-refractivity contribution in [2.45, 2.75) is 19.4 Å². The smallest absolute Gasteiger partial charge is 0.319 e. The Morgan fingerprint density at radius 2 is 1.88 bits per heavy atom. The minimum absolute atomic E-state index is 0.0981. The number of hydrogen-bond acceptors (Lipinski definition) is 3. The molecule has 1 unspecified atom stereocenters. The second-order valence-corrected chi connectivity index (χ2v) is 5.97. The van der Waals surface area contributed by atoms with Crippen molar-refractivity contribution in [2.24, 2.45) is 0 Å². The number of carbonyl (C=O) groups excluding carboxylic acids is 2. The molecule has 0 spiro atoms.